The van der Waals surface area contributed by atoms with Gasteiger partial charge < -0.3 is 23.7 Å². The lowest BCUT2D eigenvalue weighted by Crippen LogP contribution is -2.33. The van der Waals surface area contributed by atoms with Crippen LogP contribution in [0.15, 0.2) is 60.7 Å². The molecule has 9 heteroatoms. The van der Waals surface area contributed by atoms with Crippen LogP contribution in [0, 0.1) is 0 Å². The maximum atomic E-state index is 12.0. The molecule has 0 amide bonds. The fourth-order valence-corrected chi connectivity index (χ4v) is 4.11. The van der Waals surface area contributed by atoms with Gasteiger partial charge in [-0.15, -0.1) is 0 Å². The summed E-state index contributed by atoms with van der Waals surface area (Å²) in [5.41, 5.74) is 0.907. The fraction of sp³-hybridized carbons (Fsp3) is 0.568. The summed E-state index contributed by atoms with van der Waals surface area (Å²) in [6.07, 6.45) is 6.26. The first-order chi connectivity index (χ1) is 22.0. The van der Waals surface area contributed by atoms with E-state index in [1.807, 2.05) is 88.4 Å². The number of hydrogen-bond acceptors (Lipinski definition) is 9. The van der Waals surface area contributed by atoms with Crippen molar-refractivity contribution in [3.63, 3.8) is 0 Å². The van der Waals surface area contributed by atoms with Gasteiger partial charge in [0.25, 0.3) is 6.47 Å². The quantitative estimate of drug-likeness (QED) is 0.0552. The van der Waals surface area contributed by atoms with Crippen molar-refractivity contribution in [2.24, 2.45) is 0 Å². The maximum Gasteiger partial charge on any atom is 0.306 e. The zero-order valence-corrected chi connectivity index (χ0v) is 28.4. The van der Waals surface area contributed by atoms with Crippen molar-refractivity contribution in [3.05, 3.63) is 71.8 Å². The lowest BCUT2D eigenvalue weighted by molar-refractivity contribution is -0.159. The van der Waals surface area contributed by atoms with Gasteiger partial charge in [-0.25, -0.2) is 0 Å². The molecule has 0 N–H and O–H groups in total. The van der Waals surface area contributed by atoms with Crippen molar-refractivity contribution in [1.82, 2.24) is 0 Å². The summed E-state index contributed by atoms with van der Waals surface area (Å²) in [5, 5.41) is 0. The van der Waals surface area contributed by atoms with Gasteiger partial charge in [0.1, 0.15) is 18.8 Å². The zero-order valence-electron chi connectivity index (χ0n) is 28.4. The summed E-state index contributed by atoms with van der Waals surface area (Å²) in [6, 6.07) is 19.1. The Bertz CT molecular complexity index is 1110. The van der Waals surface area contributed by atoms with Crippen molar-refractivity contribution < 1.29 is 42.9 Å². The van der Waals surface area contributed by atoms with Crippen molar-refractivity contribution in [2.75, 3.05) is 13.2 Å². The number of unbranched alkanes of at least 4 members (excludes halogenated alkanes) is 3. The summed E-state index contributed by atoms with van der Waals surface area (Å²) in [5.74, 6) is -0.705. The van der Waals surface area contributed by atoms with E-state index in [1.165, 1.54) is 0 Å². The fourth-order valence-electron chi connectivity index (χ4n) is 4.11. The van der Waals surface area contributed by atoms with Crippen LogP contribution in [0.25, 0.3) is 0 Å². The van der Waals surface area contributed by atoms with Gasteiger partial charge in [-0.1, -0.05) is 80.4 Å². The SMILES string of the molecule is CCCCCC(=O)OC(C)(C)CCOC(C)(C)CCOC(=O)CCCCC(=O)OCc1ccccc1.O=COCc1ccccc1. The summed E-state index contributed by atoms with van der Waals surface area (Å²) in [4.78, 5) is 45.6. The molecule has 2 rings (SSSR count). The van der Waals surface area contributed by atoms with Crippen LogP contribution in [0.5, 0.6) is 0 Å². The second-order valence-corrected chi connectivity index (χ2v) is 12.3. The number of hydrogen-bond donors (Lipinski definition) is 0. The van der Waals surface area contributed by atoms with Crippen LogP contribution in [0.2, 0.25) is 0 Å². The molecule has 9 nitrogen and oxygen atoms in total. The minimum absolute atomic E-state index is 0.163. The van der Waals surface area contributed by atoms with Crippen LogP contribution in [0.1, 0.15) is 110 Å². The van der Waals surface area contributed by atoms with E-state index in [4.69, 9.17) is 18.9 Å². The molecule has 256 valence electrons. The van der Waals surface area contributed by atoms with Gasteiger partial charge in [0, 0.05) is 32.1 Å². The third-order valence-corrected chi connectivity index (χ3v) is 6.95. The molecule has 0 aromatic heterocycles. The summed E-state index contributed by atoms with van der Waals surface area (Å²) >= 11 is 0. The molecule has 0 spiro atoms. The topological polar surface area (TPSA) is 114 Å². The number of carbonyl (C=O) groups excluding carboxylic acids is 4. The van der Waals surface area contributed by atoms with Crippen molar-refractivity contribution in [2.45, 2.75) is 123 Å². The molecule has 0 saturated carbocycles. The first kappa shape index (κ1) is 40.3. The molecular weight excluding hydrogens is 588 g/mol. The Morgan fingerprint density at radius 1 is 0.630 bits per heavy atom. The maximum absolute atomic E-state index is 12.0. The van der Waals surface area contributed by atoms with E-state index in [1.54, 1.807) is 0 Å². The average Bonchev–Trinajstić information content (AvgIpc) is 3.02. The standard InChI is InChI=1S/C29H46O7.C8H8O2/c1-6-7-9-18-27(32)36-29(4,5)20-22-35-28(2,3)19-21-33-25(30)16-12-13-17-26(31)34-23-24-14-10-8-11-15-24;9-7-10-6-8-4-2-1-3-5-8/h8,10-11,14-15H,6-7,9,12-13,16-23H2,1-5H3;1-5,7H,6H2. The van der Waals surface area contributed by atoms with Crippen LogP contribution in [-0.4, -0.2) is 48.8 Å². The van der Waals surface area contributed by atoms with Gasteiger partial charge in [-0.2, -0.15) is 0 Å². The molecule has 0 fully saturated rings. The van der Waals surface area contributed by atoms with Crippen molar-refractivity contribution in [3.8, 4) is 0 Å². The van der Waals surface area contributed by atoms with E-state index >= 15 is 0 Å². The minimum Gasteiger partial charge on any atom is -0.466 e. The summed E-state index contributed by atoms with van der Waals surface area (Å²) in [6.45, 7) is 11.6. The number of benzene rings is 2. The highest BCUT2D eigenvalue weighted by Crippen LogP contribution is 2.21. The minimum atomic E-state index is -0.584. The molecular formula is C37H54O9. The molecule has 0 bridgehead atoms. The van der Waals surface area contributed by atoms with Gasteiger partial charge in [0.05, 0.1) is 18.8 Å². The second kappa shape index (κ2) is 23.6. The average molecular weight is 643 g/mol. The normalized spacial score (nSPS) is 11.1. The Morgan fingerprint density at radius 3 is 1.70 bits per heavy atom. The number of esters is 3. The van der Waals surface area contributed by atoms with E-state index in [2.05, 4.69) is 11.7 Å². The van der Waals surface area contributed by atoms with Crippen LogP contribution < -0.4 is 0 Å². The Hall–Kier alpha value is -3.72. The molecule has 0 saturated heterocycles. The van der Waals surface area contributed by atoms with Gasteiger partial charge in [0.15, 0.2) is 0 Å². The van der Waals surface area contributed by atoms with Crippen molar-refractivity contribution in [1.29, 1.82) is 0 Å². The van der Waals surface area contributed by atoms with Crippen molar-refractivity contribution >= 4 is 24.4 Å². The monoisotopic (exact) mass is 642 g/mol. The molecule has 0 atom stereocenters. The van der Waals surface area contributed by atoms with E-state index in [0.717, 1.165) is 30.4 Å². The number of ether oxygens (including phenoxy) is 5. The van der Waals surface area contributed by atoms with Gasteiger partial charge in [0.2, 0.25) is 0 Å². The number of carbonyl (C=O) groups is 4. The molecule has 0 heterocycles. The Labute approximate surface area is 275 Å². The molecule has 2 aromatic carbocycles. The third-order valence-electron chi connectivity index (χ3n) is 6.95. The first-order valence-corrected chi connectivity index (χ1v) is 16.3. The summed E-state index contributed by atoms with van der Waals surface area (Å²) in [7, 11) is 0. The third kappa shape index (κ3) is 21.9. The molecule has 0 unspecified atom stereocenters. The molecule has 0 radical (unpaired) electrons. The lowest BCUT2D eigenvalue weighted by Gasteiger charge is -2.29. The van der Waals surface area contributed by atoms with Crippen LogP contribution >= 0.6 is 0 Å². The van der Waals surface area contributed by atoms with Gasteiger partial charge >= 0.3 is 17.9 Å². The molecule has 46 heavy (non-hydrogen) atoms. The van der Waals surface area contributed by atoms with E-state index < -0.39 is 11.2 Å². The lowest BCUT2D eigenvalue weighted by atomic mass is 10.0. The molecule has 0 aliphatic rings. The van der Waals surface area contributed by atoms with E-state index in [0.29, 0.717) is 51.8 Å². The van der Waals surface area contributed by atoms with Crippen LogP contribution in [0.4, 0.5) is 0 Å². The van der Waals surface area contributed by atoms with Gasteiger partial charge in [-0.05, 0) is 58.1 Å². The Balaban J connectivity index is 0.000000892. The molecule has 0 aliphatic heterocycles. The zero-order chi connectivity index (χ0) is 34.1. The number of rotatable bonds is 22. The van der Waals surface area contributed by atoms with Gasteiger partial charge in [-0.3, -0.25) is 19.2 Å². The molecule has 2 aromatic rings. The van der Waals surface area contributed by atoms with E-state index in [9.17, 15) is 19.2 Å². The Kier molecular flexibility index (Phi) is 20.7. The van der Waals surface area contributed by atoms with Crippen LogP contribution in [0.3, 0.4) is 0 Å². The highest BCUT2D eigenvalue weighted by Gasteiger charge is 2.25. The van der Waals surface area contributed by atoms with Crippen LogP contribution in [-0.2, 0) is 56.1 Å². The molecule has 0 aliphatic carbocycles. The first-order valence-electron chi connectivity index (χ1n) is 16.3. The highest BCUT2D eigenvalue weighted by molar-refractivity contribution is 5.70. The van der Waals surface area contributed by atoms with E-state index in [-0.39, 0.29) is 44.0 Å². The second-order valence-electron chi connectivity index (χ2n) is 12.3. The smallest absolute Gasteiger partial charge is 0.306 e. The predicted octanol–water partition coefficient (Wildman–Crippen LogP) is 7.67. The summed E-state index contributed by atoms with van der Waals surface area (Å²) < 4.78 is 26.7. The Morgan fingerprint density at radius 2 is 1.13 bits per heavy atom. The predicted molar refractivity (Wildman–Crippen MR) is 177 cm³/mol. The highest BCUT2D eigenvalue weighted by atomic mass is 16.6. The largest absolute Gasteiger partial charge is 0.466 e.